The lowest BCUT2D eigenvalue weighted by atomic mass is 10.2. The number of benzene rings is 1. The van der Waals surface area contributed by atoms with E-state index in [0.717, 1.165) is 0 Å². The largest absolute Gasteiger partial charge is 0.355 e. The van der Waals surface area contributed by atoms with Crippen LogP contribution in [0.25, 0.3) is 0 Å². The van der Waals surface area contributed by atoms with E-state index in [1.165, 1.54) is 4.31 Å². The van der Waals surface area contributed by atoms with Gasteiger partial charge in [0.2, 0.25) is 15.9 Å². The minimum absolute atomic E-state index is 0.00851. The Hall–Kier alpha value is -0.960. The van der Waals surface area contributed by atoms with E-state index in [-0.39, 0.29) is 10.8 Å². The summed E-state index contributed by atoms with van der Waals surface area (Å²) in [6.07, 6.45) is 0. The Morgan fingerprint density at radius 2 is 1.83 bits per heavy atom. The highest BCUT2D eigenvalue weighted by atomic mass is 79.9. The molecule has 1 saturated heterocycles. The number of hydrogen-bond acceptors (Lipinski definition) is 4. The molecule has 0 atom stereocenters. The van der Waals surface area contributed by atoms with Crippen molar-refractivity contribution >= 4 is 31.9 Å². The standard InChI is InChI=1S/C16H24BrN3O3S/c1-13(2)11-18-16(21)12-19-7-9-20(10-8-19)24(22,23)15-6-4-3-5-14(15)17/h3-6,13H,7-12H2,1-2H3,(H,18,21). The maximum Gasteiger partial charge on any atom is 0.244 e. The predicted molar refractivity (Wildman–Crippen MR) is 97.2 cm³/mol. The molecule has 1 heterocycles. The number of carbonyl (C=O) groups is 1. The first-order valence-corrected chi connectivity index (χ1v) is 10.3. The Kier molecular flexibility index (Phi) is 6.79. The summed E-state index contributed by atoms with van der Waals surface area (Å²) in [7, 11) is -3.51. The topological polar surface area (TPSA) is 69.7 Å². The van der Waals surface area contributed by atoms with Crippen LogP contribution in [0.1, 0.15) is 13.8 Å². The first-order chi connectivity index (χ1) is 11.3. The van der Waals surface area contributed by atoms with E-state index in [2.05, 4.69) is 21.2 Å². The lowest BCUT2D eigenvalue weighted by molar-refractivity contribution is -0.122. The number of carbonyl (C=O) groups excluding carboxylic acids is 1. The van der Waals surface area contributed by atoms with Crippen LogP contribution < -0.4 is 5.32 Å². The Morgan fingerprint density at radius 3 is 2.42 bits per heavy atom. The van der Waals surface area contributed by atoms with Gasteiger partial charge in [-0.05, 0) is 34.0 Å². The molecule has 0 radical (unpaired) electrons. The number of hydrogen-bond donors (Lipinski definition) is 1. The summed E-state index contributed by atoms with van der Waals surface area (Å²) >= 11 is 3.30. The van der Waals surface area contributed by atoms with Gasteiger partial charge in [0.25, 0.3) is 0 Å². The monoisotopic (exact) mass is 417 g/mol. The number of nitrogens with zero attached hydrogens (tertiary/aromatic N) is 2. The van der Waals surface area contributed by atoms with Crippen molar-refractivity contribution in [2.45, 2.75) is 18.7 Å². The number of nitrogens with one attached hydrogen (secondary N) is 1. The van der Waals surface area contributed by atoms with Crippen molar-refractivity contribution in [3.63, 3.8) is 0 Å². The number of rotatable bonds is 6. The highest BCUT2D eigenvalue weighted by Gasteiger charge is 2.30. The van der Waals surface area contributed by atoms with Crippen molar-refractivity contribution in [3.05, 3.63) is 28.7 Å². The van der Waals surface area contributed by atoms with Crippen LogP contribution in [0.4, 0.5) is 0 Å². The molecular formula is C16H24BrN3O3S. The van der Waals surface area contributed by atoms with Gasteiger partial charge < -0.3 is 5.32 Å². The lowest BCUT2D eigenvalue weighted by Crippen LogP contribution is -2.51. The molecule has 1 aliphatic rings. The van der Waals surface area contributed by atoms with Gasteiger partial charge >= 0.3 is 0 Å². The maximum atomic E-state index is 12.7. The zero-order valence-corrected chi connectivity index (χ0v) is 16.4. The number of amides is 1. The molecule has 0 aromatic heterocycles. The van der Waals surface area contributed by atoms with Gasteiger partial charge in [0.15, 0.2) is 0 Å². The average molecular weight is 418 g/mol. The zero-order chi connectivity index (χ0) is 17.7. The smallest absolute Gasteiger partial charge is 0.244 e. The molecule has 1 aromatic carbocycles. The molecule has 8 heteroatoms. The van der Waals surface area contributed by atoms with Gasteiger partial charge in [0.1, 0.15) is 0 Å². The van der Waals surface area contributed by atoms with E-state index < -0.39 is 10.0 Å². The molecule has 2 rings (SSSR count). The number of sulfonamides is 1. The second kappa shape index (κ2) is 8.42. The molecule has 1 fully saturated rings. The molecule has 0 unspecified atom stereocenters. The second-order valence-electron chi connectivity index (χ2n) is 6.31. The number of halogens is 1. The van der Waals surface area contributed by atoms with E-state index in [1.807, 2.05) is 18.7 Å². The molecule has 1 amide bonds. The Balaban J connectivity index is 1.91. The zero-order valence-electron chi connectivity index (χ0n) is 14.0. The third-order valence-corrected chi connectivity index (χ3v) is 6.77. The SMILES string of the molecule is CC(C)CNC(=O)CN1CCN(S(=O)(=O)c2ccccc2Br)CC1. The van der Waals surface area contributed by atoms with Crippen molar-refractivity contribution in [1.29, 1.82) is 0 Å². The highest BCUT2D eigenvalue weighted by Crippen LogP contribution is 2.25. The third-order valence-electron chi connectivity index (χ3n) is 3.86. The molecule has 24 heavy (non-hydrogen) atoms. The van der Waals surface area contributed by atoms with E-state index in [9.17, 15) is 13.2 Å². The van der Waals surface area contributed by atoms with Crippen molar-refractivity contribution < 1.29 is 13.2 Å². The molecule has 0 spiro atoms. The van der Waals surface area contributed by atoms with Crippen LogP contribution in [0.3, 0.4) is 0 Å². The fourth-order valence-corrected chi connectivity index (χ4v) is 4.88. The van der Waals surface area contributed by atoms with Gasteiger partial charge in [-0.2, -0.15) is 4.31 Å². The summed E-state index contributed by atoms with van der Waals surface area (Å²) in [6.45, 7) is 6.96. The fourth-order valence-electron chi connectivity index (χ4n) is 2.50. The van der Waals surface area contributed by atoms with Crippen molar-refractivity contribution in [1.82, 2.24) is 14.5 Å². The molecule has 1 N–H and O–H groups in total. The van der Waals surface area contributed by atoms with Crippen molar-refractivity contribution in [2.75, 3.05) is 39.3 Å². The van der Waals surface area contributed by atoms with E-state index in [1.54, 1.807) is 24.3 Å². The number of piperazine rings is 1. The molecule has 1 aromatic rings. The molecule has 134 valence electrons. The van der Waals surface area contributed by atoms with Crippen LogP contribution in [-0.4, -0.2) is 62.8 Å². The Bertz CT molecular complexity index is 671. The molecule has 0 bridgehead atoms. The van der Waals surface area contributed by atoms with Gasteiger partial charge in [-0.15, -0.1) is 0 Å². The van der Waals surface area contributed by atoms with E-state index in [4.69, 9.17) is 0 Å². The summed E-state index contributed by atoms with van der Waals surface area (Å²) in [5.41, 5.74) is 0. The Labute approximate surface area is 152 Å². The third kappa shape index (κ3) is 5.02. The maximum absolute atomic E-state index is 12.7. The van der Waals surface area contributed by atoms with Crippen molar-refractivity contribution in [2.24, 2.45) is 5.92 Å². The van der Waals surface area contributed by atoms with Gasteiger partial charge in [-0.1, -0.05) is 26.0 Å². The Morgan fingerprint density at radius 1 is 1.21 bits per heavy atom. The van der Waals surface area contributed by atoms with E-state index in [0.29, 0.717) is 49.7 Å². The summed E-state index contributed by atoms with van der Waals surface area (Å²) in [6, 6.07) is 6.83. The second-order valence-corrected chi connectivity index (χ2v) is 9.07. The summed E-state index contributed by atoms with van der Waals surface area (Å²) in [4.78, 5) is 14.1. The van der Waals surface area contributed by atoms with Crippen LogP contribution in [0, 0.1) is 5.92 Å². The van der Waals surface area contributed by atoms with Crippen LogP contribution in [0.2, 0.25) is 0 Å². The highest BCUT2D eigenvalue weighted by molar-refractivity contribution is 9.10. The summed E-state index contributed by atoms with van der Waals surface area (Å²) in [5.74, 6) is 0.408. The van der Waals surface area contributed by atoms with Gasteiger partial charge in [-0.3, -0.25) is 9.69 Å². The van der Waals surface area contributed by atoms with Crippen LogP contribution in [0.5, 0.6) is 0 Å². The fraction of sp³-hybridized carbons (Fsp3) is 0.562. The summed E-state index contributed by atoms with van der Waals surface area (Å²) in [5, 5.41) is 2.89. The average Bonchev–Trinajstić information content (AvgIpc) is 2.53. The minimum atomic E-state index is -3.51. The van der Waals surface area contributed by atoms with Crippen molar-refractivity contribution in [3.8, 4) is 0 Å². The van der Waals surface area contributed by atoms with Crippen LogP contribution in [0.15, 0.2) is 33.6 Å². The molecule has 6 nitrogen and oxygen atoms in total. The molecule has 0 aliphatic carbocycles. The first-order valence-electron chi connectivity index (χ1n) is 8.04. The minimum Gasteiger partial charge on any atom is -0.355 e. The lowest BCUT2D eigenvalue weighted by Gasteiger charge is -2.33. The predicted octanol–water partition coefficient (Wildman–Crippen LogP) is 1.53. The van der Waals surface area contributed by atoms with Crippen LogP contribution in [-0.2, 0) is 14.8 Å². The molecule has 1 aliphatic heterocycles. The van der Waals surface area contributed by atoms with Gasteiger partial charge in [-0.25, -0.2) is 8.42 Å². The summed E-state index contributed by atoms with van der Waals surface area (Å²) < 4.78 is 27.5. The molecule has 0 saturated carbocycles. The van der Waals surface area contributed by atoms with Crippen LogP contribution >= 0.6 is 15.9 Å². The van der Waals surface area contributed by atoms with Gasteiger partial charge in [0, 0.05) is 37.2 Å². The van der Waals surface area contributed by atoms with Gasteiger partial charge in [0.05, 0.1) is 11.4 Å². The normalized spacial score (nSPS) is 17.2. The molecular weight excluding hydrogens is 394 g/mol. The quantitative estimate of drug-likeness (QED) is 0.761. The first kappa shape index (κ1) is 19.4. The van der Waals surface area contributed by atoms with E-state index >= 15 is 0 Å².